The minimum absolute atomic E-state index is 0.452. The van der Waals surface area contributed by atoms with E-state index in [9.17, 15) is 5.11 Å². The molecule has 1 aromatic carbocycles. The highest BCUT2D eigenvalue weighted by atomic mass is 32.1. The van der Waals surface area contributed by atoms with Gasteiger partial charge in [-0.2, -0.15) is 0 Å². The maximum absolute atomic E-state index is 11.0. The van der Waals surface area contributed by atoms with Crippen molar-refractivity contribution in [3.8, 4) is 5.75 Å². The van der Waals surface area contributed by atoms with Crippen LogP contribution in [0.15, 0.2) is 54.2 Å². The van der Waals surface area contributed by atoms with Crippen LogP contribution in [0.4, 0.5) is 0 Å². The molecule has 4 nitrogen and oxygen atoms in total. The summed E-state index contributed by atoms with van der Waals surface area (Å²) in [6.45, 7) is 0.645. The fraction of sp³-hybridized carbons (Fsp3) is 0.235. The van der Waals surface area contributed by atoms with Gasteiger partial charge in [0.15, 0.2) is 0 Å². The highest BCUT2D eigenvalue weighted by molar-refractivity contribution is 7.10. The first-order chi connectivity index (χ1) is 10.7. The number of nitrogens with zero attached hydrogens (tertiary/aromatic N) is 1. The van der Waals surface area contributed by atoms with Crippen molar-refractivity contribution in [2.75, 3.05) is 13.6 Å². The highest BCUT2D eigenvalue weighted by Crippen LogP contribution is 2.34. The quantitative estimate of drug-likeness (QED) is 0.686. The second-order valence-electron chi connectivity index (χ2n) is 5.08. The van der Waals surface area contributed by atoms with Gasteiger partial charge < -0.3 is 15.2 Å². The van der Waals surface area contributed by atoms with Gasteiger partial charge in [0.25, 0.3) is 0 Å². The van der Waals surface area contributed by atoms with E-state index >= 15 is 0 Å². The minimum atomic E-state index is -1.36. The van der Waals surface area contributed by atoms with E-state index in [-0.39, 0.29) is 0 Å². The average molecular weight is 314 g/mol. The van der Waals surface area contributed by atoms with Gasteiger partial charge in [-0.3, -0.25) is 4.98 Å². The summed E-state index contributed by atoms with van der Waals surface area (Å²) in [6, 6.07) is 11.7. The maximum atomic E-state index is 11.0. The van der Waals surface area contributed by atoms with Crippen LogP contribution in [0.25, 0.3) is 10.8 Å². The average Bonchev–Trinajstić information content (AvgIpc) is 3.09. The third-order valence-electron chi connectivity index (χ3n) is 3.53. The first-order valence-corrected chi connectivity index (χ1v) is 8.03. The molecule has 0 aliphatic heterocycles. The largest absolute Gasteiger partial charge is 0.455 e. The molecule has 114 valence electrons. The topological polar surface area (TPSA) is 54.4 Å². The lowest BCUT2D eigenvalue weighted by molar-refractivity contribution is -0.146. The molecule has 22 heavy (non-hydrogen) atoms. The molecule has 1 atom stereocenters. The molecule has 0 saturated heterocycles. The second kappa shape index (κ2) is 6.44. The van der Waals surface area contributed by atoms with Crippen LogP contribution in [0, 0.1) is 0 Å². The first kappa shape index (κ1) is 15.0. The van der Waals surface area contributed by atoms with Gasteiger partial charge in [-0.15, -0.1) is 11.3 Å². The Bertz CT molecular complexity index is 740. The Morgan fingerprint density at radius 3 is 2.86 bits per heavy atom. The smallest absolute Gasteiger partial charge is 0.245 e. The van der Waals surface area contributed by atoms with Crippen LogP contribution in [0.2, 0.25) is 0 Å². The lowest BCUT2D eigenvalue weighted by Gasteiger charge is -2.28. The molecular formula is C17H18N2O2S. The zero-order chi connectivity index (χ0) is 15.4. The van der Waals surface area contributed by atoms with Gasteiger partial charge in [0.2, 0.25) is 5.79 Å². The number of hydrogen-bond acceptors (Lipinski definition) is 5. The molecule has 2 N–H and O–H groups in total. The molecule has 3 aromatic rings. The number of rotatable bonds is 6. The van der Waals surface area contributed by atoms with E-state index in [0.29, 0.717) is 18.7 Å². The van der Waals surface area contributed by atoms with Crippen LogP contribution in [0.3, 0.4) is 0 Å². The normalized spacial score (nSPS) is 13.9. The summed E-state index contributed by atoms with van der Waals surface area (Å²) in [5.74, 6) is -0.770. The van der Waals surface area contributed by atoms with E-state index in [1.54, 1.807) is 12.4 Å². The van der Waals surface area contributed by atoms with Crippen LogP contribution in [-0.4, -0.2) is 23.7 Å². The summed E-state index contributed by atoms with van der Waals surface area (Å²) >= 11 is 1.48. The monoisotopic (exact) mass is 314 g/mol. The van der Waals surface area contributed by atoms with Crippen molar-refractivity contribution in [2.45, 2.75) is 12.2 Å². The zero-order valence-corrected chi connectivity index (χ0v) is 13.1. The molecule has 0 saturated carbocycles. The molecule has 0 bridgehead atoms. The molecule has 0 spiro atoms. The minimum Gasteiger partial charge on any atom is -0.455 e. The second-order valence-corrected chi connectivity index (χ2v) is 6.02. The first-order valence-electron chi connectivity index (χ1n) is 7.16. The zero-order valence-electron chi connectivity index (χ0n) is 12.3. The fourth-order valence-corrected chi connectivity index (χ4v) is 3.16. The third-order valence-corrected chi connectivity index (χ3v) is 4.53. The molecule has 0 aliphatic rings. The summed E-state index contributed by atoms with van der Waals surface area (Å²) in [5.41, 5.74) is 0. The molecule has 3 rings (SSSR count). The number of hydrogen-bond donors (Lipinski definition) is 2. The lowest BCUT2D eigenvalue weighted by atomic mass is 10.1. The molecule has 2 aromatic heterocycles. The maximum Gasteiger partial charge on any atom is 0.245 e. The molecule has 0 unspecified atom stereocenters. The van der Waals surface area contributed by atoms with E-state index in [0.717, 1.165) is 15.6 Å². The van der Waals surface area contributed by atoms with Gasteiger partial charge in [-0.25, -0.2) is 0 Å². The van der Waals surface area contributed by atoms with Crippen LogP contribution >= 0.6 is 11.3 Å². The van der Waals surface area contributed by atoms with Gasteiger partial charge in [0, 0.05) is 29.9 Å². The number of aromatic nitrogens is 1. The standard InChI is InChI=1S/C17H18N2O2S/c1-18-9-8-17(20,16-7-4-10-22-16)21-15-12-19-11-13-5-2-3-6-14(13)15/h2-7,10-12,18,20H,8-9H2,1H3/t17-/m1/s1. The molecule has 0 aliphatic carbocycles. The predicted octanol–water partition coefficient (Wildman–Crippen LogP) is 3.13. The third kappa shape index (κ3) is 2.97. The molecule has 5 heteroatoms. The fourth-order valence-electron chi connectivity index (χ4n) is 2.37. The molecule has 0 amide bonds. The van der Waals surface area contributed by atoms with Crippen molar-refractivity contribution >= 4 is 22.1 Å². The van der Waals surface area contributed by atoms with E-state index in [1.165, 1.54) is 11.3 Å². The predicted molar refractivity (Wildman–Crippen MR) is 89.1 cm³/mol. The number of benzene rings is 1. The number of ether oxygens (including phenoxy) is 1. The van der Waals surface area contributed by atoms with Crippen molar-refractivity contribution < 1.29 is 9.84 Å². The van der Waals surface area contributed by atoms with Crippen LogP contribution in [-0.2, 0) is 5.79 Å². The summed E-state index contributed by atoms with van der Waals surface area (Å²) in [7, 11) is 1.86. The number of thiophene rings is 1. The van der Waals surface area contributed by atoms with Crippen molar-refractivity contribution in [1.82, 2.24) is 10.3 Å². The molecule has 0 radical (unpaired) electrons. The van der Waals surface area contributed by atoms with Crippen molar-refractivity contribution in [1.29, 1.82) is 0 Å². The van der Waals surface area contributed by atoms with Crippen molar-refractivity contribution in [3.63, 3.8) is 0 Å². The lowest BCUT2D eigenvalue weighted by Crippen LogP contribution is -2.35. The summed E-state index contributed by atoms with van der Waals surface area (Å²) in [6.07, 6.45) is 3.90. The number of fused-ring (bicyclic) bond motifs is 1. The van der Waals surface area contributed by atoms with Gasteiger partial charge in [0.05, 0.1) is 11.1 Å². The summed E-state index contributed by atoms with van der Waals surface area (Å²) in [4.78, 5) is 5.00. The number of pyridine rings is 1. The van der Waals surface area contributed by atoms with Crippen LogP contribution in [0.1, 0.15) is 11.3 Å². The van der Waals surface area contributed by atoms with Gasteiger partial charge in [-0.1, -0.05) is 30.3 Å². The molecular weight excluding hydrogens is 296 g/mol. The Kier molecular flexibility index (Phi) is 4.38. The van der Waals surface area contributed by atoms with Gasteiger partial charge >= 0.3 is 0 Å². The Hall–Kier alpha value is -1.95. The summed E-state index contributed by atoms with van der Waals surface area (Å²) < 4.78 is 6.03. The van der Waals surface area contributed by atoms with Crippen molar-refractivity contribution in [2.24, 2.45) is 0 Å². The van der Waals surface area contributed by atoms with E-state index in [4.69, 9.17) is 4.74 Å². The van der Waals surface area contributed by atoms with Crippen LogP contribution in [0.5, 0.6) is 5.75 Å². The van der Waals surface area contributed by atoms with Gasteiger partial charge in [-0.05, 0) is 18.5 Å². The Balaban J connectivity index is 1.99. The molecule has 0 fully saturated rings. The molecule has 2 heterocycles. The van der Waals surface area contributed by atoms with E-state index < -0.39 is 5.79 Å². The highest BCUT2D eigenvalue weighted by Gasteiger charge is 2.33. The summed E-state index contributed by atoms with van der Waals surface area (Å²) in [5, 5.41) is 18.0. The van der Waals surface area contributed by atoms with E-state index in [1.807, 2.05) is 48.8 Å². The van der Waals surface area contributed by atoms with Gasteiger partial charge in [0.1, 0.15) is 5.75 Å². The Morgan fingerprint density at radius 2 is 2.09 bits per heavy atom. The van der Waals surface area contributed by atoms with Crippen LogP contribution < -0.4 is 10.1 Å². The van der Waals surface area contributed by atoms with E-state index in [2.05, 4.69) is 10.3 Å². The number of nitrogens with one attached hydrogen (secondary N) is 1. The number of aliphatic hydroxyl groups is 1. The SMILES string of the molecule is CNCC[C@@](O)(Oc1cncc2ccccc12)c1cccs1. The Morgan fingerprint density at radius 1 is 1.23 bits per heavy atom. The van der Waals surface area contributed by atoms with Crippen molar-refractivity contribution in [3.05, 3.63) is 59.0 Å². The Labute approximate surface area is 133 Å².